The number of hydrogen-bond acceptors (Lipinski definition) is 14. The molecule has 0 aliphatic carbocycles. The Kier molecular flexibility index (Phi) is 16.4. The van der Waals surface area contributed by atoms with Gasteiger partial charge in [0.15, 0.2) is 12.6 Å². The molecule has 0 aromatic heterocycles. The molecule has 3 aliphatic heterocycles. The second kappa shape index (κ2) is 19.6. The molecule has 15 nitrogen and oxygen atoms in total. The molecule has 0 unspecified atom stereocenters. The van der Waals surface area contributed by atoms with Crippen LogP contribution in [-0.4, -0.2) is 165 Å². The van der Waals surface area contributed by atoms with Crippen molar-refractivity contribution in [1.29, 1.82) is 0 Å². The van der Waals surface area contributed by atoms with Gasteiger partial charge in [0, 0.05) is 45.1 Å². The molecule has 0 spiro atoms. The van der Waals surface area contributed by atoms with E-state index in [-0.39, 0.29) is 37.5 Å². The van der Waals surface area contributed by atoms with Crippen LogP contribution in [0.25, 0.3) is 0 Å². The number of amides is 1. The van der Waals surface area contributed by atoms with Gasteiger partial charge in [-0.15, -0.1) is 0 Å². The van der Waals surface area contributed by atoms with Crippen LogP contribution in [0.15, 0.2) is 30.3 Å². The first kappa shape index (κ1) is 48.4. The number of likely N-dealkylation sites (N-methyl/N-ethyl adjacent to an activating group) is 2. The molecule has 3 heterocycles. The number of carbonyl (C=O) groups excluding carboxylic acids is 2. The summed E-state index contributed by atoms with van der Waals surface area (Å²) in [4.78, 5) is 31.1. The SMILES string of the molecule is CC[C@H]1OC(=O)[C@H](C)[C@@H](O[C@H]2C[C@@](C)(OC)[C@@H](O)[C@H](C)O2)C[C@@H](O[C@@H]2O[C@H](C)C[C@H](N(C)C(=O)c3ccccc3)[C@H]2O)[C@](C)(O)C[C@@H](C)CN(C)[C@H](C)[C@@H](O)[C@]1(C)O. The van der Waals surface area contributed by atoms with Crippen molar-refractivity contribution in [2.45, 2.75) is 185 Å². The minimum Gasteiger partial charge on any atom is -0.459 e. The molecule has 5 N–H and O–H groups in total. The number of carbonyl (C=O) groups is 2. The van der Waals surface area contributed by atoms with Crippen LogP contribution in [0.2, 0.25) is 0 Å². The van der Waals surface area contributed by atoms with E-state index in [0.717, 1.165) is 0 Å². The van der Waals surface area contributed by atoms with Crippen LogP contribution >= 0.6 is 0 Å². The van der Waals surface area contributed by atoms with Crippen molar-refractivity contribution >= 4 is 11.9 Å². The van der Waals surface area contributed by atoms with Gasteiger partial charge in [0.2, 0.25) is 0 Å². The minimum atomic E-state index is -1.83. The number of aliphatic hydroxyl groups excluding tert-OH is 3. The Balaban J connectivity index is 1.77. The number of benzene rings is 1. The average molecular weight is 825 g/mol. The summed E-state index contributed by atoms with van der Waals surface area (Å²) < 4.78 is 37.4. The zero-order valence-corrected chi connectivity index (χ0v) is 36.6. The maximum Gasteiger partial charge on any atom is 0.311 e. The van der Waals surface area contributed by atoms with Crippen LogP contribution in [-0.2, 0) is 33.2 Å². The van der Waals surface area contributed by atoms with Gasteiger partial charge in [0.05, 0.1) is 47.6 Å². The van der Waals surface area contributed by atoms with Crippen LogP contribution in [0.3, 0.4) is 0 Å². The number of rotatable bonds is 8. The largest absolute Gasteiger partial charge is 0.459 e. The summed E-state index contributed by atoms with van der Waals surface area (Å²) >= 11 is 0. The Morgan fingerprint density at radius 3 is 2.19 bits per heavy atom. The molecule has 0 radical (unpaired) electrons. The fourth-order valence-corrected chi connectivity index (χ4v) is 8.95. The predicted molar refractivity (Wildman–Crippen MR) is 214 cm³/mol. The molecule has 58 heavy (non-hydrogen) atoms. The lowest BCUT2D eigenvalue weighted by Crippen LogP contribution is -2.59. The fraction of sp³-hybridized carbons (Fsp3) is 0.814. The zero-order valence-electron chi connectivity index (χ0n) is 36.6. The highest BCUT2D eigenvalue weighted by molar-refractivity contribution is 5.94. The third-order valence-electron chi connectivity index (χ3n) is 13.0. The predicted octanol–water partition coefficient (Wildman–Crippen LogP) is 2.87. The Morgan fingerprint density at radius 1 is 0.948 bits per heavy atom. The van der Waals surface area contributed by atoms with Crippen molar-refractivity contribution in [3.8, 4) is 0 Å². The number of hydrogen-bond donors (Lipinski definition) is 5. The molecule has 0 bridgehead atoms. The lowest BCUT2D eigenvalue weighted by Gasteiger charge is -2.47. The highest BCUT2D eigenvalue weighted by atomic mass is 16.7. The van der Waals surface area contributed by atoms with Crippen LogP contribution < -0.4 is 0 Å². The fourth-order valence-electron chi connectivity index (χ4n) is 8.95. The van der Waals surface area contributed by atoms with Gasteiger partial charge < -0.3 is 63.8 Å². The van der Waals surface area contributed by atoms with Gasteiger partial charge in [0.1, 0.15) is 30.0 Å². The molecule has 17 atom stereocenters. The van der Waals surface area contributed by atoms with E-state index >= 15 is 0 Å². The molecular formula is C43H72N2O13. The minimum absolute atomic E-state index is 0.0976. The summed E-state index contributed by atoms with van der Waals surface area (Å²) in [5.41, 5.74) is -4.05. The molecule has 0 saturated carbocycles. The van der Waals surface area contributed by atoms with E-state index in [1.165, 1.54) is 18.9 Å². The molecule has 15 heteroatoms. The summed E-state index contributed by atoms with van der Waals surface area (Å²) in [6, 6.07) is 7.49. The maximum atomic E-state index is 14.2. The quantitative estimate of drug-likeness (QED) is 0.240. The third-order valence-corrected chi connectivity index (χ3v) is 13.0. The van der Waals surface area contributed by atoms with E-state index in [0.29, 0.717) is 18.5 Å². The maximum absolute atomic E-state index is 14.2. The van der Waals surface area contributed by atoms with Crippen LogP contribution in [0.4, 0.5) is 0 Å². The lowest BCUT2D eigenvalue weighted by molar-refractivity contribution is -0.307. The Labute approximate surface area is 344 Å². The number of cyclic esters (lactones) is 1. The number of aliphatic hydroxyl groups is 5. The summed E-state index contributed by atoms with van der Waals surface area (Å²) in [6.45, 7) is 15.9. The Morgan fingerprint density at radius 2 is 1.59 bits per heavy atom. The van der Waals surface area contributed by atoms with E-state index in [1.54, 1.807) is 72.9 Å². The van der Waals surface area contributed by atoms with E-state index in [9.17, 15) is 35.1 Å². The lowest BCUT2D eigenvalue weighted by atomic mass is 9.83. The Bertz CT molecular complexity index is 1480. The molecule has 1 aromatic carbocycles. The second-order valence-electron chi connectivity index (χ2n) is 18.0. The summed E-state index contributed by atoms with van der Waals surface area (Å²) in [5.74, 6) is -2.26. The van der Waals surface area contributed by atoms with Gasteiger partial charge in [-0.3, -0.25) is 9.59 Å². The van der Waals surface area contributed by atoms with Gasteiger partial charge in [-0.1, -0.05) is 32.0 Å². The van der Waals surface area contributed by atoms with Gasteiger partial charge in [-0.05, 0) is 92.8 Å². The van der Waals surface area contributed by atoms with E-state index in [4.69, 9.17) is 28.4 Å². The topological polar surface area (TPSA) is 197 Å². The number of esters is 1. The molecule has 1 amide bonds. The molecule has 4 rings (SSSR count). The van der Waals surface area contributed by atoms with Crippen molar-refractivity contribution < 1.29 is 63.5 Å². The van der Waals surface area contributed by atoms with Crippen molar-refractivity contribution in [2.75, 3.05) is 27.7 Å². The summed E-state index contributed by atoms with van der Waals surface area (Å²) in [6.07, 6.45) is -9.67. The smallest absolute Gasteiger partial charge is 0.311 e. The third kappa shape index (κ3) is 11.0. The molecule has 332 valence electrons. The highest BCUT2D eigenvalue weighted by Crippen LogP contribution is 2.38. The second-order valence-corrected chi connectivity index (χ2v) is 18.0. The van der Waals surface area contributed by atoms with Crippen molar-refractivity contribution in [2.24, 2.45) is 11.8 Å². The van der Waals surface area contributed by atoms with Crippen molar-refractivity contribution in [3.05, 3.63) is 35.9 Å². The van der Waals surface area contributed by atoms with Gasteiger partial charge >= 0.3 is 5.97 Å². The molecule has 3 aliphatic rings. The van der Waals surface area contributed by atoms with Gasteiger partial charge in [-0.25, -0.2) is 0 Å². The van der Waals surface area contributed by atoms with Crippen LogP contribution in [0.5, 0.6) is 0 Å². The van der Waals surface area contributed by atoms with Crippen LogP contribution in [0, 0.1) is 11.8 Å². The van der Waals surface area contributed by atoms with E-state index in [1.807, 2.05) is 31.9 Å². The molecular weight excluding hydrogens is 752 g/mol. The number of methoxy groups -OCH3 is 1. The van der Waals surface area contributed by atoms with Gasteiger partial charge in [0.25, 0.3) is 5.91 Å². The summed E-state index contributed by atoms with van der Waals surface area (Å²) in [7, 11) is 4.93. The standard InChI is InChI=1S/C43H72N2O13/c1-13-32-43(9,52)36(47)27(5)44(10)23-24(2)21-41(7,51)33(20-31(26(4)39(50)57-32)56-34-22-42(8,53-12)37(48)28(6)55-34)58-40-35(46)30(19-25(3)54-40)45(11)38(49)29-17-15-14-16-18-29/h14-18,24-28,30-37,40,46-48,51-52H,13,19-23H2,1-12H3/t24-,25-,26-,27-,28+,30+,31+,32-,33-,34+,35-,36-,37+,40+,41-,42-,43-/m1/s1. The first-order valence-electron chi connectivity index (χ1n) is 20.9. The monoisotopic (exact) mass is 825 g/mol. The van der Waals surface area contributed by atoms with Gasteiger partial charge in [-0.2, -0.15) is 0 Å². The van der Waals surface area contributed by atoms with Crippen molar-refractivity contribution in [3.63, 3.8) is 0 Å². The molecule has 1 aromatic rings. The first-order valence-corrected chi connectivity index (χ1v) is 20.9. The van der Waals surface area contributed by atoms with Crippen LogP contribution in [0.1, 0.15) is 105 Å². The number of nitrogens with zero attached hydrogens (tertiary/aromatic N) is 2. The number of ether oxygens (including phenoxy) is 6. The first-order chi connectivity index (χ1) is 27.0. The normalized spacial score (nSPS) is 44.1. The zero-order chi connectivity index (χ0) is 43.5. The highest BCUT2D eigenvalue weighted by Gasteiger charge is 2.51. The molecule has 3 saturated heterocycles. The van der Waals surface area contributed by atoms with E-state index in [2.05, 4.69) is 0 Å². The average Bonchev–Trinajstić information content (AvgIpc) is 3.17. The summed E-state index contributed by atoms with van der Waals surface area (Å²) in [5, 5.41) is 58.6. The van der Waals surface area contributed by atoms with E-state index < -0.39 is 102 Å². The van der Waals surface area contributed by atoms with Crippen molar-refractivity contribution in [1.82, 2.24) is 9.80 Å². The molecule has 3 fully saturated rings. The Hall–Kier alpha value is -2.28.